The Hall–Kier alpha value is -3.85. The van der Waals surface area contributed by atoms with E-state index in [0.29, 0.717) is 24.9 Å². The van der Waals surface area contributed by atoms with Crippen LogP contribution in [0.2, 0.25) is 0 Å². The fourth-order valence-electron chi connectivity index (χ4n) is 4.36. The predicted octanol–water partition coefficient (Wildman–Crippen LogP) is 4.68. The van der Waals surface area contributed by atoms with Crippen molar-refractivity contribution in [1.82, 2.24) is 29.5 Å². The van der Waals surface area contributed by atoms with E-state index >= 15 is 0 Å². The Morgan fingerprint density at radius 2 is 2.09 bits per heavy atom. The van der Waals surface area contributed by atoms with Crippen LogP contribution in [-0.2, 0) is 24.8 Å². The maximum absolute atomic E-state index is 13.4. The zero-order valence-electron chi connectivity index (χ0n) is 19.9. The van der Waals surface area contributed by atoms with Crippen molar-refractivity contribution in [2.24, 2.45) is 7.05 Å². The molecule has 35 heavy (non-hydrogen) atoms. The Morgan fingerprint density at radius 3 is 2.89 bits per heavy atom. The molecule has 178 valence electrons. The van der Waals surface area contributed by atoms with Crippen LogP contribution >= 0.6 is 11.3 Å². The Kier molecular flexibility index (Phi) is 6.17. The number of carbonyl (C=O) groups excluding carboxylic acids is 1. The quantitative estimate of drug-likeness (QED) is 0.254. The number of Topliss-reactive ketones (excluding diaryl/α,β-unsaturated/α-hetero) is 1. The average molecular weight is 487 g/mol. The molecule has 0 bridgehead atoms. The highest BCUT2D eigenvalue weighted by Crippen LogP contribution is 2.32. The van der Waals surface area contributed by atoms with Crippen LogP contribution < -0.4 is 5.56 Å². The van der Waals surface area contributed by atoms with Crippen molar-refractivity contribution in [1.29, 1.82) is 0 Å². The minimum absolute atomic E-state index is 0.145. The van der Waals surface area contributed by atoms with Gasteiger partial charge in [0.1, 0.15) is 10.5 Å². The van der Waals surface area contributed by atoms with Crippen molar-refractivity contribution in [2.75, 3.05) is 0 Å². The normalized spacial score (nSPS) is 12.6. The van der Waals surface area contributed by atoms with Gasteiger partial charge in [-0.3, -0.25) is 14.7 Å². The highest BCUT2D eigenvalue weighted by atomic mass is 32.1. The minimum Gasteiger partial charge on any atom is -0.323 e. The first-order chi connectivity index (χ1) is 17.0. The number of fused-ring (bicyclic) bond motifs is 4. The first kappa shape index (κ1) is 22.9. The first-order valence-electron chi connectivity index (χ1n) is 11.6. The summed E-state index contributed by atoms with van der Waals surface area (Å²) in [7, 11) is 1.86. The van der Waals surface area contributed by atoms with Gasteiger partial charge in [0.2, 0.25) is 0 Å². The lowest BCUT2D eigenvalue weighted by Crippen LogP contribution is -2.24. The van der Waals surface area contributed by atoms with Gasteiger partial charge in [0.15, 0.2) is 11.4 Å². The van der Waals surface area contributed by atoms with Gasteiger partial charge in [-0.25, -0.2) is 9.67 Å². The van der Waals surface area contributed by atoms with Crippen LogP contribution in [0.3, 0.4) is 0 Å². The van der Waals surface area contributed by atoms with E-state index in [4.69, 9.17) is 4.98 Å². The maximum atomic E-state index is 13.4. The third-order valence-electron chi connectivity index (χ3n) is 6.13. The van der Waals surface area contributed by atoms with E-state index in [1.807, 2.05) is 61.9 Å². The molecule has 0 saturated carbocycles. The lowest BCUT2D eigenvalue weighted by atomic mass is 10.0. The van der Waals surface area contributed by atoms with E-state index in [1.165, 1.54) is 16.0 Å². The van der Waals surface area contributed by atoms with Crippen LogP contribution in [0.1, 0.15) is 37.3 Å². The summed E-state index contributed by atoms with van der Waals surface area (Å²) in [4.78, 5) is 30.8. The van der Waals surface area contributed by atoms with Gasteiger partial charge in [0, 0.05) is 36.2 Å². The molecule has 8 nitrogen and oxygen atoms in total. The molecule has 0 amide bonds. The number of rotatable bonds is 8. The summed E-state index contributed by atoms with van der Waals surface area (Å²) in [5, 5.41) is 14.2. The summed E-state index contributed by atoms with van der Waals surface area (Å²) in [6.45, 7) is 4.28. The minimum atomic E-state index is -0.163. The second kappa shape index (κ2) is 9.42. The number of carbonyl (C=O) groups is 1. The summed E-state index contributed by atoms with van der Waals surface area (Å²) in [5.74, 6) is 0.145. The van der Waals surface area contributed by atoms with Crippen molar-refractivity contribution in [3.8, 4) is 0 Å². The summed E-state index contributed by atoms with van der Waals surface area (Å²) < 4.78 is 4.24. The van der Waals surface area contributed by atoms with Crippen molar-refractivity contribution < 1.29 is 4.79 Å². The molecule has 0 spiro atoms. The first-order valence-corrected chi connectivity index (χ1v) is 12.4. The lowest BCUT2D eigenvalue weighted by Gasteiger charge is -2.07. The lowest BCUT2D eigenvalue weighted by molar-refractivity contribution is -0.115. The summed E-state index contributed by atoms with van der Waals surface area (Å²) >= 11 is 1.52. The van der Waals surface area contributed by atoms with Crippen molar-refractivity contribution >= 4 is 49.3 Å². The molecular formula is C26H26N6O2S. The molecule has 1 N–H and O–H groups in total. The van der Waals surface area contributed by atoms with Gasteiger partial charge in [-0.05, 0) is 25.0 Å². The summed E-state index contributed by atoms with van der Waals surface area (Å²) in [5.41, 5.74) is 3.80. The number of ketones is 1. The number of hydrogen-bond acceptors (Lipinski definition) is 6. The molecule has 4 heterocycles. The molecule has 0 unspecified atom stereocenters. The van der Waals surface area contributed by atoms with Crippen LogP contribution in [0.25, 0.3) is 32.2 Å². The molecule has 0 atom stereocenters. The van der Waals surface area contributed by atoms with Crippen LogP contribution in [-0.4, -0.2) is 35.3 Å². The molecule has 0 saturated heterocycles. The molecule has 0 aliphatic carbocycles. The average Bonchev–Trinajstić information content (AvgIpc) is 3.55. The van der Waals surface area contributed by atoms with Crippen molar-refractivity contribution in [3.63, 3.8) is 0 Å². The van der Waals surface area contributed by atoms with Gasteiger partial charge in [-0.1, -0.05) is 37.3 Å². The molecule has 0 aliphatic heterocycles. The number of nitrogens with one attached hydrogen (secondary N) is 1. The Labute approximate surface area is 205 Å². The van der Waals surface area contributed by atoms with E-state index in [-0.39, 0.29) is 11.3 Å². The Morgan fingerprint density at radius 1 is 1.23 bits per heavy atom. The fraction of sp³-hybridized carbons (Fsp3) is 0.269. The standard InChI is InChI=1S/C26H26N6O2S/c1-4-6-9-16(21(33)8-5-2)12-22-29-25-24(35-22)19-14-28-32(26(34)23(19)31(25)3)15-17-10-7-11-20-18(17)13-27-30-20/h4,6-7,9-11,13-14H,5,8,12,15H2,1-3H3,(H,27,30)/b6-4-,16-9-. The molecular weight excluding hydrogens is 460 g/mol. The molecule has 5 aromatic rings. The highest BCUT2D eigenvalue weighted by Gasteiger charge is 2.20. The van der Waals surface area contributed by atoms with Gasteiger partial charge in [0.05, 0.1) is 29.2 Å². The Bertz CT molecular complexity index is 1680. The third kappa shape index (κ3) is 4.12. The van der Waals surface area contributed by atoms with E-state index in [2.05, 4.69) is 15.3 Å². The Balaban J connectivity index is 1.53. The zero-order chi connectivity index (χ0) is 24.5. The number of nitrogens with zero attached hydrogens (tertiary/aromatic N) is 5. The molecule has 0 radical (unpaired) electrons. The van der Waals surface area contributed by atoms with Gasteiger partial charge in [0.25, 0.3) is 5.56 Å². The van der Waals surface area contributed by atoms with Crippen LogP contribution in [0.5, 0.6) is 0 Å². The smallest absolute Gasteiger partial charge is 0.291 e. The van der Waals surface area contributed by atoms with Crippen LogP contribution in [0, 0.1) is 0 Å². The number of hydrogen-bond donors (Lipinski definition) is 1. The van der Waals surface area contributed by atoms with Crippen molar-refractivity contribution in [3.05, 3.63) is 75.3 Å². The number of allylic oxidation sites excluding steroid dienone is 4. The number of aryl methyl sites for hydroxylation is 1. The largest absolute Gasteiger partial charge is 0.323 e. The van der Waals surface area contributed by atoms with Crippen LogP contribution in [0.4, 0.5) is 0 Å². The topological polar surface area (TPSA) is 98.5 Å². The molecule has 1 aromatic carbocycles. The molecule has 4 aromatic heterocycles. The molecule has 0 aliphatic rings. The van der Waals surface area contributed by atoms with E-state index in [0.717, 1.165) is 49.2 Å². The van der Waals surface area contributed by atoms with Gasteiger partial charge < -0.3 is 4.57 Å². The SMILES string of the molecule is C/C=C\C=C(\Cc1nc2c(s1)c1cnn(Cc3cccc4[nH]ncc34)c(=O)c1n2C)C(=O)CCC. The number of thiazole rings is 1. The fourth-order valence-corrected chi connectivity index (χ4v) is 5.49. The number of H-pyrrole nitrogens is 1. The number of aromatic amines is 1. The summed E-state index contributed by atoms with van der Waals surface area (Å²) in [6.07, 6.45) is 11.0. The monoisotopic (exact) mass is 486 g/mol. The predicted molar refractivity (Wildman–Crippen MR) is 140 cm³/mol. The highest BCUT2D eigenvalue weighted by molar-refractivity contribution is 7.19. The van der Waals surface area contributed by atoms with Gasteiger partial charge in [-0.2, -0.15) is 10.2 Å². The van der Waals surface area contributed by atoms with Crippen molar-refractivity contribution in [2.45, 2.75) is 39.7 Å². The van der Waals surface area contributed by atoms with Gasteiger partial charge >= 0.3 is 0 Å². The van der Waals surface area contributed by atoms with E-state index < -0.39 is 0 Å². The number of benzene rings is 1. The van der Waals surface area contributed by atoms with E-state index in [1.54, 1.807) is 12.4 Å². The van der Waals surface area contributed by atoms with E-state index in [9.17, 15) is 9.59 Å². The maximum Gasteiger partial charge on any atom is 0.291 e. The van der Waals surface area contributed by atoms with Gasteiger partial charge in [-0.15, -0.1) is 11.3 Å². The summed E-state index contributed by atoms with van der Waals surface area (Å²) in [6, 6.07) is 5.87. The zero-order valence-corrected chi connectivity index (χ0v) is 20.7. The number of aromatic nitrogens is 6. The second-order valence-electron chi connectivity index (χ2n) is 8.51. The molecule has 0 fully saturated rings. The molecule has 9 heteroatoms. The second-order valence-corrected chi connectivity index (χ2v) is 9.59. The molecule has 5 rings (SSSR count). The third-order valence-corrected chi connectivity index (χ3v) is 7.21. The van der Waals surface area contributed by atoms with Crippen LogP contribution in [0.15, 0.2) is 59.2 Å².